The van der Waals surface area contributed by atoms with Crippen molar-refractivity contribution in [2.45, 2.75) is 0 Å². The largest absolute Gasteiger partial charge is 0.291 e. The molecule has 3 nitrogen and oxygen atoms in total. The predicted molar refractivity (Wildman–Crippen MR) is 53.4 cm³/mol. The minimum Gasteiger partial charge on any atom is -0.291 e. The van der Waals surface area contributed by atoms with Gasteiger partial charge in [0.15, 0.2) is 0 Å². The van der Waals surface area contributed by atoms with Crippen LogP contribution in [0.2, 0.25) is 5.15 Å². The lowest BCUT2D eigenvalue weighted by Gasteiger charge is -2.00. The number of aromatic nitrogens is 2. The van der Waals surface area contributed by atoms with E-state index >= 15 is 0 Å². The highest BCUT2D eigenvalue weighted by Crippen LogP contribution is 2.07. The summed E-state index contributed by atoms with van der Waals surface area (Å²) in [5.74, 6) is -0.112. The van der Waals surface area contributed by atoms with E-state index in [-0.39, 0.29) is 5.91 Å². The fraction of sp³-hybridized carbons (Fsp3) is 0. The van der Waals surface area contributed by atoms with E-state index in [1.807, 2.05) is 0 Å². The van der Waals surface area contributed by atoms with Crippen LogP contribution in [-0.2, 0) is 0 Å². The van der Waals surface area contributed by atoms with Gasteiger partial charge < -0.3 is 0 Å². The normalized spacial score (nSPS) is 10.1. The SMILES string of the molecule is O=C(c1ccc(Cl)nc1)n1cccc1. The molecule has 0 atom stereocenters. The minimum absolute atomic E-state index is 0.112. The summed E-state index contributed by atoms with van der Waals surface area (Å²) in [5, 5.41) is 0.383. The van der Waals surface area contributed by atoms with Crippen LogP contribution in [0.5, 0.6) is 0 Å². The van der Waals surface area contributed by atoms with Gasteiger partial charge in [-0.15, -0.1) is 0 Å². The molecule has 0 radical (unpaired) electrons. The molecule has 0 aliphatic heterocycles. The number of nitrogens with zero attached hydrogens (tertiary/aromatic N) is 2. The third-order valence-electron chi connectivity index (χ3n) is 1.81. The predicted octanol–water partition coefficient (Wildman–Crippen LogP) is 2.22. The Morgan fingerprint density at radius 2 is 2.00 bits per heavy atom. The zero-order chi connectivity index (χ0) is 9.97. The van der Waals surface area contributed by atoms with Crippen LogP contribution in [-0.4, -0.2) is 15.5 Å². The van der Waals surface area contributed by atoms with E-state index < -0.39 is 0 Å². The molecule has 2 heterocycles. The molecule has 0 aliphatic rings. The Hall–Kier alpha value is -1.61. The van der Waals surface area contributed by atoms with Crippen molar-refractivity contribution >= 4 is 17.5 Å². The zero-order valence-electron chi connectivity index (χ0n) is 7.22. The molecule has 70 valence electrons. The Labute approximate surface area is 86.0 Å². The number of rotatable bonds is 1. The second-order valence-corrected chi connectivity index (χ2v) is 3.15. The zero-order valence-corrected chi connectivity index (χ0v) is 7.98. The van der Waals surface area contributed by atoms with Crippen molar-refractivity contribution in [3.63, 3.8) is 0 Å². The van der Waals surface area contributed by atoms with E-state index in [2.05, 4.69) is 4.98 Å². The van der Waals surface area contributed by atoms with Crippen LogP contribution < -0.4 is 0 Å². The van der Waals surface area contributed by atoms with Gasteiger partial charge in [0.25, 0.3) is 5.91 Å². The molecule has 4 heteroatoms. The standard InChI is InChI=1S/C10H7ClN2O/c11-9-4-3-8(7-12-9)10(14)13-5-1-2-6-13/h1-7H. The molecular weight excluding hydrogens is 200 g/mol. The number of hydrogen-bond donors (Lipinski definition) is 0. The summed E-state index contributed by atoms with van der Waals surface area (Å²) in [6, 6.07) is 6.83. The summed E-state index contributed by atoms with van der Waals surface area (Å²) in [5.41, 5.74) is 0.519. The molecule has 2 aromatic heterocycles. The number of hydrogen-bond acceptors (Lipinski definition) is 2. The van der Waals surface area contributed by atoms with Crippen LogP contribution in [0.15, 0.2) is 42.9 Å². The lowest BCUT2D eigenvalue weighted by atomic mass is 10.3. The Morgan fingerprint density at radius 3 is 2.57 bits per heavy atom. The van der Waals surface area contributed by atoms with E-state index in [0.29, 0.717) is 10.7 Å². The summed E-state index contributed by atoms with van der Waals surface area (Å²) in [6.45, 7) is 0. The molecule has 0 saturated heterocycles. The van der Waals surface area contributed by atoms with Gasteiger partial charge in [0.1, 0.15) is 5.15 Å². The quantitative estimate of drug-likeness (QED) is 0.671. The molecule has 0 unspecified atom stereocenters. The molecule has 2 rings (SSSR count). The van der Waals surface area contributed by atoms with Crippen LogP contribution in [0.25, 0.3) is 0 Å². The topological polar surface area (TPSA) is 34.9 Å². The van der Waals surface area contributed by atoms with Gasteiger partial charge in [-0.05, 0) is 24.3 Å². The van der Waals surface area contributed by atoms with Gasteiger partial charge in [0, 0.05) is 18.6 Å². The Balaban J connectivity index is 2.33. The molecule has 0 aliphatic carbocycles. The third kappa shape index (κ3) is 1.67. The first-order valence-corrected chi connectivity index (χ1v) is 4.44. The number of pyridine rings is 1. The molecule has 0 fully saturated rings. The molecule has 0 aromatic carbocycles. The summed E-state index contributed by atoms with van der Waals surface area (Å²) in [4.78, 5) is 15.5. The molecule has 14 heavy (non-hydrogen) atoms. The first kappa shape index (κ1) is 8.97. The van der Waals surface area contributed by atoms with Gasteiger partial charge >= 0.3 is 0 Å². The summed E-state index contributed by atoms with van der Waals surface area (Å²) >= 11 is 5.61. The van der Waals surface area contributed by atoms with Crippen molar-refractivity contribution < 1.29 is 4.79 Å². The summed E-state index contributed by atoms with van der Waals surface area (Å²) in [6.07, 6.45) is 4.85. The van der Waals surface area contributed by atoms with E-state index in [0.717, 1.165) is 0 Å². The van der Waals surface area contributed by atoms with Gasteiger partial charge in [0.2, 0.25) is 0 Å². The lowest BCUT2D eigenvalue weighted by molar-refractivity contribution is 0.0960. The van der Waals surface area contributed by atoms with Crippen LogP contribution in [0.1, 0.15) is 10.4 Å². The smallest absolute Gasteiger partial charge is 0.263 e. The van der Waals surface area contributed by atoms with Crippen LogP contribution >= 0.6 is 11.6 Å². The molecule has 0 saturated carbocycles. The molecule has 0 N–H and O–H groups in total. The molecular formula is C10H7ClN2O. The molecule has 2 aromatic rings. The van der Waals surface area contributed by atoms with Gasteiger partial charge in [0.05, 0.1) is 5.56 Å². The van der Waals surface area contributed by atoms with Crippen LogP contribution in [0, 0.1) is 0 Å². The van der Waals surface area contributed by atoms with Crippen molar-refractivity contribution in [2.24, 2.45) is 0 Å². The third-order valence-corrected chi connectivity index (χ3v) is 2.04. The maximum absolute atomic E-state index is 11.7. The molecule has 0 amide bonds. The van der Waals surface area contributed by atoms with E-state index in [4.69, 9.17) is 11.6 Å². The number of halogens is 1. The van der Waals surface area contributed by atoms with Crippen LogP contribution in [0.3, 0.4) is 0 Å². The highest BCUT2D eigenvalue weighted by molar-refractivity contribution is 6.29. The average molecular weight is 207 g/mol. The maximum atomic E-state index is 11.7. The van der Waals surface area contributed by atoms with Crippen molar-refractivity contribution in [3.8, 4) is 0 Å². The monoisotopic (exact) mass is 206 g/mol. The van der Waals surface area contributed by atoms with E-state index in [1.54, 1.807) is 36.7 Å². The second-order valence-electron chi connectivity index (χ2n) is 2.77. The van der Waals surface area contributed by atoms with Gasteiger partial charge in [-0.1, -0.05) is 11.6 Å². The fourth-order valence-corrected chi connectivity index (χ4v) is 1.23. The van der Waals surface area contributed by atoms with Crippen LogP contribution in [0.4, 0.5) is 0 Å². The second kappa shape index (κ2) is 3.64. The van der Waals surface area contributed by atoms with E-state index in [9.17, 15) is 4.79 Å². The first-order chi connectivity index (χ1) is 6.77. The lowest BCUT2D eigenvalue weighted by Crippen LogP contribution is -2.09. The maximum Gasteiger partial charge on any atom is 0.263 e. The highest BCUT2D eigenvalue weighted by atomic mass is 35.5. The average Bonchev–Trinajstić information content (AvgIpc) is 2.71. The summed E-state index contributed by atoms with van der Waals surface area (Å²) in [7, 11) is 0. The highest BCUT2D eigenvalue weighted by Gasteiger charge is 2.06. The van der Waals surface area contributed by atoms with E-state index in [1.165, 1.54) is 10.8 Å². The van der Waals surface area contributed by atoms with Gasteiger partial charge in [-0.2, -0.15) is 0 Å². The summed E-state index contributed by atoms with van der Waals surface area (Å²) < 4.78 is 1.49. The minimum atomic E-state index is -0.112. The fourth-order valence-electron chi connectivity index (χ4n) is 1.12. The van der Waals surface area contributed by atoms with Crippen molar-refractivity contribution in [1.29, 1.82) is 0 Å². The molecule has 0 spiro atoms. The molecule has 0 bridgehead atoms. The van der Waals surface area contributed by atoms with Gasteiger partial charge in [-0.25, -0.2) is 4.98 Å². The van der Waals surface area contributed by atoms with Crippen molar-refractivity contribution in [2.75, 3.05) is 0 Å². The number of carbonyl (C=O) groups excluding carboxylic acids is 1. The van der Waals surface area contributed by atoms with Crippen molar-refractivity contribution in [3.05, 3.63) is 53.6 Å². The van der Waals surface area contributed by atoms with Crippen molar-refractivity contribution in [1.82, 2.24) is 9.55 Å². The number of carbonyl (C=O) groups is 1. The first-order valence-electron chi connectivity index (χ1n) is 4.06. The Bertz CT molecular complexity index is 434. The van der Waals surface area contributed by atoms with Gasteiger partial charge in [-0.3, -0.25) is 9.36 Å². The Morgan fingerprint density at radius 1 is 1.29 bits per heavy atom. The Kier molecular flexibility index (Phi) is 2.33.